The van der Waals surface area contributed by atoms with Gasteiger partial charge in [-0.05, 0) is 25.7 Å². The first-order valence-electron chi connectivity index (χ1n) is 7.58. The predicted molar refractivity (Wildman–Crippen MR) is 68.7 cm³/mol. The molecule has 0 spiro atoms. The van der Waals surface area contributed by atoms with E-state index in [-0.39, 0.29) is 0 Å². The Balaban J connectivity index is 1.44. The van der Waals surface area contributed by atoms with E-state index in [0.29, 0.717) is 18.1 Å². The maximum atomic E-state index is 5.89. The molecule has 2 heterocycles. The fourth-order valence-corrected chi connectivity index (χ4v) is 3.37. The Morgan fingerprint density at radius 3 is 2.89 bits per heavy atom. The van der Waals surface area contributed by atoms with Gasteiger partial charge in [0.1, 0.15) is 0 Å². The summed E-state index contributed by atoms with van der Waals surface area (Å²) in [6.45, 7) is 2.62. The Morgan fingerprint density at radius 2 is 2.00 bits per heavy atom. The van der Waals surface area contributed by atoms with Crippen molar-refractivity contribution in [1.82, 2.24) is 15.1 Å². The van der Waals surface area contributed by atoms with Crippen LogP contribution in [0.15, 0.2) is 4.42 Å². The third-order valence-corrected chi connectivity index (χ3v) is 4.59. The van der Waals surface area contributed by atoms with E-state index in [1.54, 1.807) is 0 Å². The summed E-state index contributed by atoms with van der Waals surface area (Å²) in [5, 5.41) is 8.38. The van der Waals surface area contributed by atoms with E-state index in [1.807, 2.05) is 0 Å². The SMILES string of the molecule is C1CC[C@H]2[C@H](C1)OCCN2Cc1nnc(C2CC2)o1. The molecule has 5 heteroatoms. The van der Waals surface area contributed by atoms with Crippen molar-refractivity contribution in [3.63, 3.8) is 0 Å². The number of hydrogen-bond donors (Lipinski definition) is 0. The highest BCUT2D eigenvalue weighted by Crippen LogP contribution is 2.39. The van der Waals surface area contributed by atoms with Crippen molar-refractivity contribution in [3.8, 4) is 0 Å². The fourth-order valence-electron chi connectivity index (χ4n) is 3.37. The third kappa shape index (κ3) is 2.41. The van der Waals surface area contributed by atoms with E-state index >= 15 is 0 Å². The van der Waals surface area contributed by atoms with Crippen molar-refractivity contribution in [1.29, 1.82) is 0 Å². The maximum Gasteiger partial charge on any atom is 0.230 e. The van der Waals surface area contributed by atoms with Crippen LogP contribution >= 0.6 is 0 Å². The van der Waals surface area contributed by atoms with E-state index in [1.165, 1.54) is 38.5 Å². The minimum atomic E-state index is 0.424. The van der Waals surface area contributed by atoms with Crippen LogP contribution in [0.1, 0.15) is 56.2 Å². The molecular formula is C14H21N3O2. The smallest absolute Gasteiger partial charge is 0.230 e. The van der Waals surface area contributed by atoms with Gasteiger partial charge in [0, 0.05) is 18.5 Å². The number of morpholine rings is 1. The molecule has 2 saturated carbocycles. The van der Waals surface area contributed by atoms with E-state index in [2.05, 4.69) is 15.1 Å². The second-order valence-corrected chi connectivity index (χ2v) is 6.04. The number of rotatable bonds is 3. The highest BCUT2D eigenvalue weighted by molar-refractivity contribution is 5.00. The molecule has 1 aromatic rings. The van der Waals surface area contributed by atoms with Crippen LogP contribution in [0.3, 0.4) is 0 Å². The van der Waals surface area contributed by atoms with E-state index in [4.69, 9.17) is 9.15 Å². The zero-order chi connectivity index (χ0) is 12.7. The molecule has 2 atom stereocenters. The molecule has 104 valence electrons. The van der Waals surface area contributed by atoms with Crippen LogP contribution in [0.5, 0.6) is 0 Å². The summed E-state index contributed by atoms with van der Waals surface area (Å²) in [4.78, 5) is 2.48. The summed E-state index contributed by atoms with van der Waals surface area (Å²) in [5.41, 5.74) is 0. The monoisotopic (exact) mass is 263 g/mol. The Bertz CT molecular complexity index is 442. The van der Waals surface area contributed by atoms with Gasteiger partial charge < -0.3 is 9.15 Å². The molecule has 1 aromatic heterocycles. The summed E-state index contributed by atoms with van der Waals surface area (Å²) in [6, 6.07) is 0.554. The van der Waals surface area contributed by atoms with E-state index in [9.17, 15) is 0 Å². The lowest BCUT2D eigenvalue weighted by molar-refractivity contribution is -0.0931. The topological polar surface area (TPSA) is 51.4 Å². The summed E-state index contributed by atoms with van der Waals surface area (Å²) in [6.07, 6.45) is 7.92. The fraction of sp³-hybridized carbons (Fsp3) is 0.857. The minimum Gasteiger partial charge on any atom is -0.424 e. The van der Waals surface area contributed by atoms with Gasteiger partial charge >= 0.3 is 0 Å². The van der Waals surface area contributed by atoms with Crippen molar-refractivity contribution >= 4 is 0 Å². The molecule has 0 N–H and O–H groups in total. The molecule has 4 rings (SSSR count). The predicted octanol–water partition coefficient (Wildman–Crippen LogP) is 2.09. The van der Waals surface area contributed by atoms with Crippen LogP contribution in [0.2, 0.25) is 0 Å². The number of aromatic nitrogens is 2. The highest BCUT2D eigenvalue weighted by Gasteiger charge is 2.35. The van der Waals surface area contributed by atoms with Crippen LogP contribution in [-0.4, -0.2) is 40.4 Å². The standard InChI is InChI=1S/C14H21N3O2/c1-2-4-12-11(3-1)17(7-8-18-12)9-13-15-16-14(19-13)10-5-6-10/h10-12H,1-9H2/t11-,12-/m0/s1. The van der Waals surface area contributed by atoms with E-state index in [0.717, 1.165) is 31.5 Å². The van der Waals surface area contributed by atoms with Crippen LogP contribution in [-0.2, 0) is 11.3 Å². The number of ether oxygens (including phenoxy) is 1. The highest BCUT2D eigenvalue weighted by atomic mass is 16.5. The Hall–Kier alpha value is -0.940. The molecular weight excluding hydrogens is 242 g/mol. The lowest BCUT2D eigenvalue weighted by atomic mass is 9.90. The zero-order valence-electron chi connectivity index (χ0n) is 11.3. The molecule has 1 aliphatic heterocycles. The second-order valence-electron chi connectivity index (χ2n) is 6.04. The summed E-state index contributed by atoms with van der Waals surface area (Å²) < 4.78 is 11.7. The normalized spacial score (nSPS) is 32.2. The molecule has 0 amide bonds. The van der Waals surface area contributed by atoms with Gasteiger partial charge in [-0.25, -0.2) is 0 Å². The summed E-state index contributed by atoms with van der Waals surface area (Å²) in [5.74, 6) is 2.19. The Morgan fingerprint density at radius 1 is 1.11 bits per heavy atom. The summed E-state index contributed by atoms with van der Waals surface area (Å²) in [7, 11) is 0. The quantitative estimate of drug-likeness (QED) is 0.835. The Labute approximate surface area is 113 Å². The number of nitrogens with zero attached hydrogens (tertiary/aromatic N) is 3. The van der Waals surface area contributed by atoms with Gasteiger partial charge in [-0.2, -0.15) is 0 Å². The molecule has 2 aliphatic carbocycles. The van der Waals surface area contributed by atoms with Gasteiger partial charge in [-0.3, -0.25) is 4.90 Å². The van der Waals surface area contributed by atoms with Crippen LogP contribution in [0.25, 0.3) is 0 Å². The first-order chi connectivity index (χ1) is 9.40. The number of hydrogen-bond acceptors (Lipinski definition) is 5. The first-order valence-corrected chi connectivity index (χ1v) is 7.58. The molecule has 1 saturated heterocycles. The molecule has 19 heavy (non-hydrogen) atoms. The largest absolute Gasteiger partial charge is 0.424 e. The average Bonchev–Trinajstić information content (AvgIpc) is 3.20. The molecule has 0 bridgehead atoms. The molecule has 5 nitrogen and oxygen atoms in total. The second kappa shape index (κ2) is 4.87. The molecule has 3 fully saturated rings. The first kappa shape index (κ1) is 11.9. The average molecular weight is 263 g/mol. The zero-order valence-corrected chi connectivity index (χ0v) is 11.3. The lowest BCUT2D eigenvalue weighted by Crippen LogP contribution is -2.52. The van der Waals surface area contributed by atoms with Gasteiger partial charge in [0.15, 0.2) is 0 Å². The van der Waals surface area contributed by atoms with Crippen molar-refractivity contribution in [2.24, 2.45) is 0 Å². The molecule has 0 aromatic carbocycles. The molecule has 0 radical (unpaired) electrons. The minimum absolute atomic E-state index is 0.424. The van der Waals surface area contributed by atoms with E-state index < -0.39 is 0 Å². The van der Waals surface area contributed by atoms with Gasteiger partial charge in [-0.1, -0.05) is 12.8 Å². The van der Waals surface area contributed by atoms with Gasteiger partial charge in [0.2, 0.25) is 11.8 Å². The van der Waals surface area contributed by atoms with Crippen molar-refractivity contribution in [3.05, 3.63) is 11.8 Å². The third-order valence-electron chi connectivity index (χ3n) is 4.59. The van der Waals surface area contributed by atoms with Gasteiger partial charge in [0.05, 0.1) is 19.3 Å². The summed E-state index contributed by atoms with van der Waals surface area (Å²) >= 11 is 0. The van der Waals surface area contributed by atoms with Crippen molar-refractivity contribution < 1.29 is 9.15 Å². The van der Waals surface area contributed by atoms with Crippen LogP contribution < -0.4 is 0 Å². The van der Waals surface area contributed by atoms with Crippen molar-refractivity contribution in [2.45, 2.75) is 63.1 Å². The maximum absolute atomic E-state index is 5.89. The van der Waals surface area contributed by atoms with Gasteiger partial charge in [0.25, 0.3) is 0 Å². The molecule has 0 unspecified atom stereocenters. The van der Waals surface area contributed by atoms with Crippen LogP contribution in [0.4, 0.5) is 0 Å². The van der Waals surface area contributed by atoms with Gasteiger partial charge in [-0.15, -0.1) is 10.2 Å². The Kier molecular flexibility index (Phi) is 3.04. The number of fused-ring (bicyclic) bond motifs is 1. The van der Waals surface area contributed by atoms with Crippen LogP contribution in [0, 0.1) is 0 Å². The lowest BCUT2D eigenvalue weighted by Gasteiger charge is -2.43. The van der Waals surface area contributed by atoms with Crippen molar-refractivity contribution in [2.75, 3.05) is 13.2 Å². The molecule has 3 aliphatic rings.